The zero-order valence-electron chi connectivity index (χ0n) is 31.3. The van der Waals surface area contributed by atoms with Crippen molar-refractivity contribution in [2.45, 2.75) is 77.4 Å². The largest absolute Gasteiger partial charge is 0.507 e. The van der Waals surface area contributed by atoms with E-state index in [2.05, 4.69) is 10.3 Å². The molecule has 3 N–H and O–H groups in total. The van der Waals surface area contributed by atoms with Crippen LogP contribution in [-0.4, -0.2) is 71.1 Å². The molecule has 1 unspecified atom stereocenters. The average molecular weight is 756 g/mol. The number of hydrogen-bond acceptors (Lipinski definition) is 12. The van der Waals surface area contributed by atoms with Gasteiger partial charge in [-0.1, -0.05) is 18.2 Å². The second-order valence-electron chi connectivity index (χ2n) is 13.6. The standard InChI is InChI=1S/C41H45N3O11/c1-23-9-8-12-27(45)11-7-5-6-10-26-17-31(46)38(39(48)37(26)41(50)55-23)28(25-13-14-32-35(18-25)54-22-53-32)20-36(47)42-15-16-44-24(2)43-30-21-34(52-4)33(51-3)19-29(30)40(44)49/h6,10,13-14,17-19,21,23,28,46,48H,5,7-9,11-12,15-16,20,22H2,1-4H3,(H,42,47)/t23-,28?/m0/s1. The number of aryl methyl sites for hydroxylation is 1. The topological polar surface area (TPSA) is 185 Å². The number of aromatic hydroxyl groups is 2. The van der Waals surface area contributed by atoms with Gasteiger partial charge in [-0.25, -0.2) is 9.78 Å². The SMILES string of the molecule is COc1cc2nc(C)n(CCNC(=O)CC(c3ccc4c(c3)OCO4)c3c(O)cc4c(c3O)C(=O)O[C@@H](C)CCCC(=O)CCCC=C4)c(=O)c2cc1OC. The van der Waals surface area contributed by atoms with Gasteiger partial charge >= 0.3 is 5.97 Å². The lowest BCUT2D eigenvalue weighted by Gasteiger charge is -2.23. The van der Waals surface area contributed by atoms with Crippen molar-refractivity contribution in [2.24, 2.45) is 0 Å². The van der Waals surface area contributed by atoms with Gasteiger partial charge in [0.15, 0.2) is 23.0 Å². The van der Waals surface area contributed by atoms with E-state index in [0.29, 0.717) is 83.8 Å². The fraction of sp³-hybridized carbons (Fsp3) is 0.390. The summed E-state index contributed by atoms with van der Waals surface area (Å²) in [5, 5.41) is 26.6. The van der Waals surface area contributed by atoms with E-state index >= 15 is 0 Å². The number of carbonyl (C=O) groups is 3. The normalized spacial score (nSPS) is 16.5. The molecule has 0 saturated carbocycles. The monoisotopic (exact) mass is 755 g/mol. The highest BCUT2D eigenvalue weighted by Crippen LogP contribution is 2.46. The third-order valence-electron chi connectivity index (χ3n) is 9.90. The number of cyclic esters (lactones) is 1. The summed E-state index contributed by atoms with van der Waals surface area (Å²) >= 11 is 0. The van der Waals surface area contributed by atoms with E-state index in [-0.39, 0.29) is 60.1 Å². The summed E-state index contributed by atoms with van der Waals surface area (Å²) in [7, 11) is 2.97. The van der Waals surface area contributed by atoms with Crippen molar-refractivity contribution in [1.82, 2.24) is 14.9 Å². The number of amides is 1. The van der Waals surface area contributed by atoms with Crippen molar-refractivity contribution in [1.29, 1.82) is 0 Å². The Morgan fingerprint density at radius 1 is 1.02 bits per heavy atom. The fourth-order valence-corrected chi connectivity index (χ4v) is 7.02. The van der Waals surface area contributed by atoms with Crippen LogP contribution >= 0.6 is 0 Å². The molecule has 2 aliphatic rings. The van der Waals surface area contributed by atoms with Crippen molar-refractivity contribution in [3.8, 4) is 34.5 Å². The maximum absolute atomic E-state index is 13.7. The van der Waals surface area contributed by atoms with Gasteiger partial charge in [-0.05, 0) is 74.9 Å². The first kappa shape index (κ1) is 38.7. The Morgan fingerprint density at radius 3 is 2.55 bits per heavy atom. The number of esters is 1. The van der Waals surface area contributed by atoms with Gasteiger partial charge in [-0.2, -0.15) is 0 Å². The average Bonchev–Trinajstić information content (AvgIpc) is 3.63. The number of fused-ring (bicyclic) bond motifs is 3. The van der Waals surface area contributed by atoms with Crippen LogP contribution in [0.15, 0.2) is 47.3 Å². The Hall–Kier alpha value is -6.05. The molecule has 0 saturated heterocycles. The highest BCUT2D eigenvalue weighted by Gasteiger charge is 2.32. The number of methoxy groups -OCH3 is 2. The first-order chi connectivity index (χ1) is 26.5. The number of carbonyl (C=O) groups excluding carboxylic acids is 3. The number of rotatable bonds is 9. The molecular formula is C41H45N3O11. The summed E-state index contributed by atoms with van der Waals surface area (Å²) < 4.78 is 29.0. The minimum atomic E-state index is -0.970. The van der Waals surface area contributed by atoms with E-state index in [1.165, 1.54) is 24.9 Å². The number of Topliss-reactive ketones (excluding diaryl/α,β-unsaturated/α-hetero) is 1. The quantitative estimate of drug-likeness (QED) is 0.178. The molecule has 2 aliphatic heterocycles. The van der Waals surface area contributed by atoms with Gasteiger partial charge in [-0.15, -0.1) is 0 Å². The van der Waals surface area contributed by atoms with Gasteiger partial charge < -0.3 is 39.2 Å². The summed E-state index contributed by atoms with van der Waals surface area (Å²) in [5.41, 5.74) is 0.656. The Balaban J connectivity index is 1.31. The maximum atomic E-state index is 13.7. The van der Waals surface area contributed by atoms with Crippen LogP contribution < -0.4 is 29.8 Å². The molecule has 1 amide bonds. The van der Waals surface area contributed by atoms with Gasteiger partial charge in [0.05, 0.1) is 31.2 Å². The molecule has 1 aromatic heterocycles. The number of allylic oxidation sites excluding steroid dienone is 1. The van der Waals surface area contributed by atoms with Crippen molar-refractivity contribution in [3.63, 3.8) is 0 Å². The van der Waals surface area contributed by atoms with E-state index < -0.39 is 29.6 Å². The molecule has 55 heavy (non-hydrogen) atoms. The van der Waals surface area contributed by atoms with E-state index in [1.807, 2.05) is 0 Å². The van der Waals surface area contributed by atoms with Crippen LogP contribution in [0.1, 0.15) is 90.7 Å². The molecular weight excluding hydrogens is 710 g/mol. The number of ketones is 1. The number of benzene rings is 3. The number of aromatic nitrogens is 2. The molecule has 3 heterocycles. The lowest BCUT2D eigenvalue weighted by atomic mass is 9.84. The maximum Gasteiger partial charge on any atom is 0.342 e. The Bertz CT molecular complexity index is 2210. The van der Waals surface area contributed by atoms with Gasteiger partial charge in [0.25, 0.3) is 5.56 Å². The second kappa shape index (κ2) is 17.0. The van der Waals surface area contributed by atoms with Crippen molar-refractivity contribution in [2.75, 3.05) is 27.6 Å². The molecule has 2 atom stereocenters. The summed E-state index contributed by atoms with van der Waals surface area (Å²) in [5.74, 6) is -0.778. The first-order valence-electron chi connectivity index (χ1n) is 18.3. The third-order valence-corrected chi connectivity index (χ3v) is 9.90. The highest BCUT2D eigenvalue weighted by molar-refractivity contribution is 5.98. The minimum Gasteiger partial charge on any atom is -0.507 e. The molecule has 0 spiro atoms. The van der Waals surface area contributed by atoms with Gasteiger partial charge in [0, 0.05) is 49.9 Å². The molecule has 0 radical (unpaired) electrons. The number of nitrogens with one attached hydrogen (secondary N) is 1. The zero-order chi connectivity index (χ0) is 39.2. The molecule has 14 nitrogen and oxygen atoms in total. The van der Waals surface area contributed by atoms with Crippen LogP contribution in [0.3, 0.4) is 0 Å². The molecule has 6 rings (SSSR count). The lowest BCUT2D eigenvalue weighted by Crippen LogP contribution is -2.33. The lowest BCUT2D eigenvalue weighted by molar-refractivity contribution is -0.121. The third kappa shape index (κ3) is 8.53. The van der Waals surface area contributed by atoms with E-state index in [4.69, 9.17) is 23.7 Å². The molecule has 290 valence electrons. The summed E-state index contributed by atoms with van der Waals surface area (Å²) in [6.45, 7) is 3.57. The summed E-state index contributed by atoms with van der Waals surface area (Å²) in [4.78, 5) is 57.8. The van der Waals surface area contributed by atoms with Gasteiger partial charge in [0.1, 0.15) is 28.7 Å². The van der Waals surface area contributed by atoms with Crippen LogP contribution in [0.5, 0.6) is 34.5 Å². The number of phenols is 2. The van der Waals surface area contributed by atoms with Crippen LogP contribution in [0.25, 0.3) is 17.0 Å². The second-order valence-corrected chi connectivity index (χ2v) is 13.6. The smallest absolute Gasteiger partial charge is 0.342 e. The number of phenolic OH excluding ortho intramolecular Hbond substituents is 2. The fourth-order valence-electron chi connectivity index (χ4n) is 7.02. The van der Waals surface area contributed by atoms with E-state index in [1.54, 1.807) is 56.3 Å². The number of nitrogens with zero attached hydrogens (tertiary/aromatic N) is 2. The number of hydrogen-bond donors (Lipinski definition) is 3. The van der Waals surface area contributed by atoms with Crippen LogP contribution in [0, 0.1) is 6.92 Å². The van der Waals surface area contributed by atoms with Crippen LogP contribution in [-0.2, 0) is 20.9 Å². The summed E-state index contributed by atoms with van der Waals surface area (Å²) in [6.07, 6.45) is 5.58. The zero-order valence-corrected chi connectivity index (χ0v) is 31.3. The van der Waals surface area contributed by atoms with E-state index in [0.717, 1.165) is 0 Å². The molecule has 14 heteroatoms. The predicted molar refractivity (Wildman–Crippen MR) is 202 cm³/mol. The minimum absolute atomic E-state index is 0.00649. The molecule has 4 aromatic rings. The van der Waals surface area contributed by atoms with Crippen LogP contribution in [0.4, 0.5) is 0 Å². The molecule has 0 aliphatic carbocycles. The van der Waals surface area contributed by atoms with Crippen LogP contribution in [0.2, 0.25) is 0 Å². The van der Waals surface area contributed by atoms with Crippen molar-refractivity contribution in [3.05, 3.63) is 80.9 Å². The van der Waals surface area contributed by atoms with Gasteiger partial charge in [0.2, 0.25) is 12.7 Å². The van der Waals surface area contributed by atoms with E-state index in [9.17, 15) is 29.4 Å². The van der Waals surface area contributed by atoms with Gasteiger partial charge in [-0.3, -0.25) is 19.0 Å². The Kier molecular flexibility index (Phi) is 11.9. The molecule has 0 fully saturated rings. The number of ether oxygens (including phenoxy) is 5. The molecule has 0 bridgehead atoms. The summed E-state index contributed by atoms with van der Waals surface area (Å²) in [6, 6.07) is 9.61. The Morgan fingerprint density at radius 2 is 1.76 bits per heavy atom. The van der Waals surface area contributed by atoms with Crippen molar-refractivity contribution < 1.29 is 48.3 Å². The first-order valence-corrected chi connectivity index (χ1v) is 18.3. The predicted octanol–water partition coefficient (Wildman–Crippen LogP) is 5.68. The van der Waals surface area contributed by atoms with Crippen molar-refractivity contribution >= 4 is 34.6 Å². The Labute approximate surface area is 317 Å². The molecule has 3 aromatic carbocycles. The highest BCUT2D eigenvalue weighted by atomic mass is 16.7.